The number of hydrogen-bond donors (Lipinski definition) is 2. The zero-order valence-corrected chi connectivity index (χ0v) is 13.1. The van der Waals surface area contributed by atoms with E-state index >= 15 is 0 Å². The van der Waals surface area contributed by atoms with E-state index in [0.717, 1.165) is 23.1 Å². The summed E-state index contributed by atoms with van der Waals surface area (Å²) in [4.78, 5) is 26.1. The van der Waals surface area contributed by atoms with Crippen LogP contribution in [-0.4, -0.2) is 29.4 Å². The highest BCUT2D eigenvalue weighted by Crippen LogP contribution is 2.31. The molecule has 1 fully saturated rings. The van der Waals surface area contributed by atoms with Crippen molar-refractivity contribution in [2.24, 2.45) is 5.73 Å². The highest BCUT2D eigenvalue weighted by molar-refractivity contribution is 6.07. The minimum atomic E-state index is -1.01. The largest absolute Gasteiger partial charge is 0.326 e. The minimum Gasteiger partial charge on any atom is -0.326 e. The molecule has 0 bridgehead atoms. The van der Waals surface area contributed by atoms with E-state index < -0.39 is 5.54 Å². The topological polar surface area (TPSA) is 75.4 Å². The van der Waals surface area contributed by atoms with Gasteiger partial charge in [0.05, 0.1) is 0 Å². The fraction of sp³-hybridized carbons (Fsp3) is 0.500. The molecule has 0 spiro atoms. The molecule has 0 aliphatic carbocycles. The lowest BCUT2D eigenvalue weighted by molar-refractivity contribution is -0.131. The van der Waals surface area contributed by atoms with Crippen LogP contribution in [0, 0.1) is 13.8 Å². The van der Waals surface area contributed by atoms with Gasteiger partial charge in [-0.15, -0.1) is 0 Å². The lowest BCUT2D eigenvalue weighted by Gasteiger charge is -2.25. The molecule has 0 aromatic heterocycles. The molecule has 0 radical (unpaired) electrons. The highest BCUT2D eigenvalue weighted by atomic mass is 16.2. The van der Waals surface area contributed by atoms with Crippen LogP contribution in [0.2, 0.25) is 0 Å². The van der Waals surface area contributed by atoms with E-state index in [1.807, 2.05) is 39.0 Å². The zero-order valence-electron chi connectivity index (χ0n) is 13.1. The Morgan fingerprint density at radius 2 is 2.00 bits per heavy atom. The maximum Gasteiger partial charge on any atom is 0.325 e. The summed E-state index contributed by atoms with van der Waals surface area (Å²) in [6, 6.07) is 5.31. The molecular weight excluding hydrogens is 266 g/mol. The number of hydrogen-bond acceptors (Lipinski definition) is 3. The van der Waals surface area contributed by atoms with Crippen molar-refractivity contribution in [1.82, 2.24) is 10.2 Å². The van der Waals surface area contributed by atoms with Crippen LogP contribution < -0.4 is 11.1 Å². The molecule has 2 rings (SSSR count). The summed E-state index contributed by atoms with van der Waals surface area (Å²) in [5.74, 6) is -0.233. The lowest BCUT2D eigenvalue weighted by Crippen LogP contribution is -2.43. The van der Waals surface area contributed by atoms with Gasteiger partial charge in [-0.3, -0.25) is 9.69 Å². The second-order valence-corrected chi connectivity index (χ2v) is 5.96. The molecular formula is C16H23N3O2. The van der Waals surface area contributed by atoms with E-state index in [2.05, 4.69) is 5.32 Å². The summed E-state index contributed by atoms with van der Waals surface area (Å²) in [5, 5.41) is 2.82. The van der Waals surface area contributed by atoms with Crippen LogP contribution in [0.1, 0.15) is 37.0 Å². The van der Waals surface area contributed by atoms with Crippen LogP contribution in [0.4, 0.5) is 4.79 Å². The third-order valence-corrected chi connectivity index (χ3v) is 4.14. The van der Waals surface area contributed by atoms with Gasteiger partial charge in [0, 0.05) is 12.6 Å². The Balaban J connectivity index is 2.36. The van der Waals surface area contributed by atoms with Crippen LogP contribution in [0.15, 0.2) is 18.2 Å². The summed E-state index contributed by atoms with van der Waals surface area (Å²) < 4.78 is 0. The Morgan fingerprint density at radius 3 is 2.57 bits per heavy atom. The number of nitrogens with zero attached hydrogens (tertiary/aromatic N) is 1. The summed E-state index contributed by atoms with van der Waals surface area (Å²) in [6.45, 7) is 7.89. The highest BCUT2D eigenvalue weighted by Gasteiger charge is 2.49. The van der Waals surface area contributed by atoms with Crippen LogP contribution in [-0.2, 0) is 10.3 Å². The van der Waals surface area contributed by atoms with Gasteiger partial charge in [-0.2, -0.15) is 0 Å². The quantitative estimate of drug-likeness (QED) is 0.830. The smallest absolute Gasteiger partial charge is 0.325 e. The van der Waals surface area contributed by atoms with Crippen molar-refractivity contribution in [1.29, 1.82) is 0 Å². The van der Waals surface area contributed by atoms with E-state index in [4.69, 9.17) is 5.73 Å². The number of benzene rings is 1. The number of carbonyl (C=O) groups is 2. The molecule has 0 saturated carbocycles. The first-order chi connectivity index (χ1) is 9.79. The van der Waals surface area contributed by atoms with E-state index in [1.165, 1.54) is 4.90 Å². The molecule has 1 saturated heterocycles. The van der Waals surface area contributed by atoms with Crippen molar-refractivity contribution in [3.63, 3.8) is 0 Å². The van der Waals surface area contributed by atoms with Crippen molar-refractivity contribution in [2.75, 3.05) is 6.54 Å². The predicted molar refractivity (Wildman–Crippen MR) is 81.8 cm³/mol. The maximum absolute atomic E-state index is 12.7. The van der Waals surface area contributed by atoms with Crippen molar-refractivity contribution in [2.45, 2.75) is 45.7 Å². The Kier molecular flexibility index (Phi) is 4.05. The molecule has 5 nitrogen and oxygen atoms in total. The molecule has 114 valence electrons. The maximum atomic E-state index is 12.7. The summed E-state index contributed by atoms with van der Waals surface area (Å²) in [5.41, 5.74) is 7.82. The number of amides is 3. The van der Waals surface area contributed by atoms with Gasteiger partial charge in [-0.25, -0.2) is 4.79 Å². The number of nitrogens with one attached hydrogen (secondary N) is 1. The Hall–Kier alpha value is -1.88. The third-order valence-electron chi connectivity index (χ3n) is 4.14. The molecule has 1 aliphatic rings. The van der Waals surface area contributed by atoms with E-state index in [0.29, 0.717) is 0 Å². The molecule has 2 unspecified atom stereocenters. The first-order valence-corrected chi connectivity index (χ1v) is 7.27. The Bertz CT molecular complexity index is 585. The summed E-state index contributed by atoms with van der Waals surface area (Å²) in [7, 11) is 0. The number of urea groups is 1. The molecule has 1 heterocycles. The van der Waals surface area contributed by atoms with E-state index in [1.54, 1.807) is 6.92 Å². The summed E-state index contributed by atoms with van der Waals surface area (Å²) in [6.07, 6.45) is 0.720. The third kappa shape index (κ3) is 2.65. The fourth-order valence-electron chi connectivity index (χ4n) is 2.78. The van der Waals surface area contributed by atoms with Crippen LogP contribution in [0.3, 0.4) is 0 Å². The molecule has 1 aliphatic heterocycles. The van der Waals surface area contributed by atoms with Gasteiger partial charge in [-0.05, 0) is 38.3 Å². The van der Waals surface area contributed by atoms with Gasteiger partial charge < -0.3 is 11.1 Å². The molecule has 21 heavy (non-hydrogen) atoms. The second kappa shape index (κ2) is 5.48. The second-order valence-electron chi connectivity index (χ2n) is 5.96. The van der Waals surface area contributed by atoms with Gasteiger partial charge >= 0.3 is 6.03 Å². The van der Waals surface area contributed by atoms with Gasteiger partial charge in [0.2, 0.25) is 0 Å². The van der Waals surface area contributed by atoms with Gasteiger partial charge in [0.25, 0.3) is 5.91 Å². The standard InChI is InChI=1S/C16H23N3O2/c1-5-12(17)9-19-14(20)16(4,18-15(19)21)13-7-6-10(2)8-11(13)3/h6-8,12H,5,9,17H2,1-4H3,(H,18,21). The normalized spacial score (nSPS) is 23.4. The van der Waals surface area contributed by atoms with Crippen molar-refractivity contribution < 1.29 is 9.59 Å². The monoisotopic (exact) mass is 289 g/mol. The zero-order chi connectivity index (χ0) is 15.8. The molecule has 2 atom stereocenters. The average Bonchev–Trinajstić information content (AvgIpc) is 2.62. The predicted octanol–water partition coefficient (Wildman–Crippen LogP) is 1.81. The molecule has 3 N–H and O–H groups in total. The first kappa shape index (κ1) is 15.5. The Morgan fingerprint density at radius 1 is 1.33 bits per heavy atom. The van der Waals surface area contributed by atoms with Gasteiger partial charge in [0.1, 0.15) is 5.54 Å². The SMILES string of the molecule is CCC(N)CN1C(=O)NC(C)(c2ccc(C)cc2C)C1=O. The van der Waals surface area contributed by atoms with Crippen LogP contribution in [0.25, 0.3) is 0 Å². The number of carbonyl (C=O) groups excluding carboxylic acids is 2. The lowest BCUT2D eigenvalue weighted by atomic mass is 9.87. The van der Waals surface area contributed by atoms with Gasteiger partial charge in [0.15, 0.2) is 0 Å². The van der Waals surface area contributed by atoms with Crippen LogP contribution in [0.5, 0.6) is 0 Å². The van der Waals surface area contributed by atoms with Crippen molar-refractivity contribution >= 4 is 11.9 Å². The molecule has 1 aromatic carbocycles. The number of aryl methyl sites for hydroxylation is 2. The van der Waals surface area contributed by atoms with Crippen LogP contribution >= 0.6 is 0 Å². The minimum absolute atomic E-state index is 0.193. The van der Waals surface area contributed by atoms with E-state index in [9.17, 15) is 9.59 Å². The van der Waals surface area contributed by atoms with Crippen molar-refractivity contribution in [3.8, 4) is 0 Å². The Labute approximate surface area is 125 Å². The first-order valence-electron chi connectivity index (χ1n) is 7.27. The molecule has 1 aromatic rings. The fourth-order valence-corrected chi connectivity index (χ4v) is 2.78. The summed E-state index contributed by atoms with van der Waals surface area (Å²) >= 11 is 0. The number of rotatable bonds is 4. The molecule has 3 amide bonds. The number of imide groups is 1. The van der Waals surface area contributed by atoms with E-state index in [-0.39, 0.29) is 24.5 Å². The average molecular weight is 289 g/mol. The van der Waals surface area contributed by atoms with Crippen molar-refractivity contribution in [3.05, 3.63) is 34.9 Å². The van der Waals surface area contributed by atoms with Gasteiger partial charge in [-0.1, -0.05) is 30.7 Å². The number of nitrogens with two attached hydrogens (primary N) is 1. The molecule has 5 heteroatoms.